The minimum atomic E-state index is -1.10. The number of hydrogen-bond donors (Lipinski definition) is 0. The van der Waals surface area contributed by atoms with E-state index in [1.807, 2.05) is 0 Å². The largest absolute Gasteiger partial charge is 0.444 e. The first-order valence-corrected chi connectivity index (χ1v) is 8.10. The third-order valence-electron chi connectivity index (χ3n) is 4.41. The molecule has 0 aromatic heterocycles. The van der Waals surface area contributed by atoms with Crippen molar-refractivity contribution in [2.45, 2.75) is 63.6 Å². The molecule has 2 aliphatic heterocycles. The predicted octanol–water partition coefficient (Wildman–Crippen LogP) is 2.46. The second-order valence-corrected chi connectivity index (χ2v) is 7.15. The van der Waals surface area contributed by atoms with Gasteiger partial charge in [-0.3, -0.25) is 9.69 Å². The van der Waals surface area contributed by atoms with Gasteiger partial charge in [0.05, 0.1) is 6.07 Å². The third kappa shape index (κ3) is 3.19. The molecule has 2 rings (SSSR count). The minimum Gasteiger partial charge on any atom is -0.444 e. The lowest BCUT2D eigenvalue weighted by molar-refractivity contribution is -0.140. The zero-order valence-corrected chi connectivity index (χ0v) is 14.2. The molecule has 0 N–H and O–H groups in total. The van der Waals surface area contributed by atoms with E-state index in [9.17, 15) is 14.9 Å². The molecular weight excluding hydrogens is 294 g/mol. The van der Waals surface area contributed by atoms with Crippen LogP contribution in [0, 0.1) is 11.3 Å². The van der Waals surface area contributed by atoms with Crippen molar-refractivity contribution in [1.29, 1.82) is 5.26 Å². The number of likely N-dealkylation sites (tertiary alicyclic amines) is 2. The van der Waals surface area contributed by atoms with Gasteiger partial charge in [-0.25, -0.2) is 4.79 Å². The number of ether oxygens (including phenoxy) is 1. The molecule has 2 aliphatic rings. The molecule has 2 fully saturated rings. The number of carbonyl (C=O) groups is 2. The Balaban J connectivity index is 2.27. The van der Waals surface area contributed by atoms with Gasteiger partial charge in [0.1, 0.15) is 17.2 Å². The summed E-state index contributed by atoms with van der Waals surface area (Å²) in [6, 6.07) is 1.76. The van der Waals surface area contributed by atoms with Crippen LogP contribution in [0.25, 0.3) is 0 Å². The lowest BCUT2D eigenvalue weighted by atomic mass is 9.94. The van der Waals surface area contributed by atoms with Crippen LogP contribution in [0.3, 0.4) is 0 Å². The van der Waals surface area contributed by atoms with E-state index in [1.54, 1.807) is 31.7 Å². The third-order valence-corrected chi connectivity index (χ3v) is 4.41. The quantitative estimate of drug-likeness (QED) is 0.733. The summed E-state index contributed by atoms with van der Waals surface area (Å²) in [5, 5.41) is 9.24. The number of hydrogen-bond acceptors (Lipinski definition) is 4. The van der Waals surface area contributed by atoms with Crippen molar-refractivity contribution >= 4 is 12.0 Å². The Bertz CT molecular complexity index is 546. The molecule has 126 valence electrons. The Labute approximate surface area is 137 Å². The van der Waals surface area contributed by atoms with Gasteiger partial charge in [-0.1, -0.05) is 6.08 Å². The van der Waals surface area contributed by atoms with Gasteiger partial charge < -0.3 is 9.64 Å². The summed E-state index contributed by atoms with van der Waals surface area (Å²) in [7, 11) is 0. The highest BCUT2D eigenvalue weighted by Crippen LogP contribution is 2.35. The Hall–Kier alpha value is -2.03. The second-order valence-electron chi connectivity index (χ2n) is 7.15. The fraction of sp³-hybridized carbons (Fsp3) is 0.706. The topological polar surface area (TPSA) is 73.6 Å². The lowest BCUT2D eigenvalue weighted by Gasteiger charge is -2.38. The van der Waals surface area contributed by atoms with Crippen LogP contribution in [0.5, 0.6) is 0 Å². The molecule has 6 nitrogen and oxygen atoms in total. The van der Waals surface area contributed by atoms with Crippen LogP contribution in [-0.4, -0.2) is 52.1 Å². The highest BCUT2D eigenvalue weighted by Gasteiger charge is 2.52. The molecule has 2 heterocycles. The summed E-state index contributed by atoms with van der Waals surface area (Å²) in [6.07, 6.45) is 3.76. The fourth-order valence-corrected chi connectivity index (χ4v) is 3.33. The number of nitriles is 1. The van der Waals surface area contributed by atoms with Crippen LogP contribution in [0.4, 0.5) is 4.79 Å². The second kappa shape index (κ2) is 6.23. The maximum atomic E-state index is 13.1. The number of amides is 2. The zero-order chi connectivity index (χ0) is 17.3. The van der Waals surface area contributed by atoms with Gasteiger partial charge in [0.2, 0.25) is 0 Å². The normalized spacial score (nSPS) is 27.7. The fourth-order valence-electron chi connectivity index (χ4n) is 3.33. The zero-order valence-electron chi connectivity index (χ0n) is 14.2. The van der Waals surface area contributed by atoms with Crippen LogP contribution in [-0.2, 0) is 9.53 Å². The highest BCUT2D eigenvalue weighted by molar-refractivity contribution is 5.93. The molecule has 2 atom stereocenters. The monoisotopic (exact) mass is 319 g/mol. The van der Waals surface area contributed by atoms with Crippen molar-refractivity contribution in [3.8, 4) is 6.07 Å². The van der Waals surface area contributed by atoms with E-state index in [2.05, 4.69) is 12.6 Å². The van der Waals surface area contributed by atoms with Gasteiger partial charge in [0.15, 0.2) is 0 Å². The molecule has 0 radical (unpaired) electrons. The van der Waals surface area contributed by atoms with Crippen LogP contribution in [0.2, 0.25) is 0 Å². The van der Waals surface area contributed by atoms with Crippen LogP contribution >= 0.6 is 0 Å². The molecule has 2 amide bonds. The Morgan fingerprint density at radius 2 is 2.04 bits per heavy atom. The summed E-state index contributed by atoms with van der Waals surface area (Å²) in [6.45, 7) is 10.2. The molecule has 2 saturated heterocycles. The highest BCUT2D eigenvalue weighted by atomic mass is 16.6. The van der Waals surface area contributed by atoms with Crippen molar-refractivity contribution in [1.82, 2.24) is 9.80 Å². The van der Waals surface area contributed by atoms with Crippen LogP contribution in [0.15, 0.2) is 12.7 Å². The molecule has 0 unspecified atom stereocenters. The van der Waals surface area contributed by atoms with Gasteiger partial charge in [-0.2, -0.15) is 5.26 Å². The molecule has 0 saturated carbocycles. The summed E-state index contributed by atoms with van der Waals surface area (Å²) < 4.78 is 5.45. The van der Waals surface area contributed by atoms with Crippen LogP contribution < -0.4 is 0 Å². The van der Waals surface area contributed by atoms with Crippen molar-refractivity contribution in [2.24, 2.45) is 0 Å². The molecule has 0 spiro atoms. The van der Waals surface area contributed by atoms with Crippen molar-refractivity contribution in [2.75, 3.05) is 13.1 Å². The Kier molecular flexibility index (Phi) is 4.69. The van der Waals surface area contributed by atoms with Gasteiger partial charge in [-0.05, 0) is 46.5 Å². The SMILES string of the molecule is C=C[C@]1(C(=O)N2CCC[C@H]2C#N)CCCN1C(=O)OC(C)(C)C. The van der Waals surface area contributed by atoms with E-state index in [0.29, 0.717) is 32.4 Å². The maximum Gasteiger partial charge on any atom is 0.411 e. The van der Waals surface area contributed by atoms with Gasteiger partial charge in [-0.15, -0.1) is 6.58 Å². The summed E-state index contributed by atoms with van der Waals surface area (Å²) in [5.74, 6) is -0.208. The number of nitrogens with zero attached hydrogens (tertiary/aromatic N) is 3. The van der Waals surface area contributed by atoms with Gasteiger partial charge in [0, 0.05) is 13.1 Å². The minimum absolute atomic E-state index is 0.208. The van der Waals surface area contributed by atoms with Crippen molar-refractivity contribution in [3.63, 3.8) is 0 Å². The predicted molar refractivity (Wildman–Crippen MR) is 85.5 cm³/mol. The molecular formula is C17H25N3O3. The molecule has 23 heavy (non-hydrogen) atoms. The first-order valence-electron chi connectivity index (χ1n) is 8.10. The molecule has 0 aromatic carbocycles. The van der Waals surface area contributed by atoms with E-state index in [0.717, 1.165) is 6.42 Å². The van der Waals surface area contributed by atoms with E-state index < -0.39 is 23.3 Å². The van der Waals surface area contributed by atoms with Crippen molar-refractivity contribution in [3.05, 3.63) is 12.7 Å². The van der Waals surface area contributed by atoms with E-state index in [1.165, 1.54) is 4.90 Å². The Morgan fingerprint density at radius 1 is 1.35 bits per heavy atom. The molecule has 0 aromatic rings. The Morgan fingerprint density at radius 3 is 2.61 bits per heavy atom. The average molecular weight is 319 g/mol. The molecule has 0 aliphatic carbocycles. The first kappa shape index (κ1) is 17.3. The summed E-state index contributed by atoms with van der Waals surface area (Å²) in [4.78, 5) is 28.7. The molecule has 0 bridgehead atoms. The number of rotatable bonds is 2. The first-order chi connectivity index (χ1) is 10.7. The summed E-state index contributed by atoms with van der Waals surface area (Å²) >= 11 is 0. The molecule has 6 heteroatoms. The lowest BCUT2D eigenvalue weighted by Crippen LogP contribution is -2.58. The van der Waals surface area contributed by atoms with Crippen molar-refractivity contribution < 1.29 is 14.3 Å². The standard InChI is InChI=1S/C17H25N3O3/c1-5-17(14(21)19-10-6-8-13(19)12-18)9-7-11-20(17)15(22)23-16(2,3)4/h5,13H,1,6-11H2,2-4H3/t13-,17+/m0/s1. The smallest absolute Gasteiger partial charge is 0.411 e. The van der Waals surface area contributed by atoms with E-state index in [4.69, 9.17) is 4.74 Å². The van der Waals surface area contributed by atoms with E-state index >= 15 is 0 Å². The average Bonchev–Trinajstić information content (AvgIpc) is 3.11. The van der Waals surface area contributed by atoms with Gasteiger partial charge in [0.25, 0.3) is 5.91 Å². The van der Waals surface area contributed by atoms with E-state index in [-0.39, 0.29) is 5.91 Å². The maximum absolute atomic E-state index is 13.1. The summed E-state index contributed by atoms with van der Waals surface area (Å²) in [5.41, 5.74) is -1.72. The number of carbonyl (C=O) groups excluding carboxylic acids is 2. The van der Waals surface area contributed by atoms with Crippen LogP contribution in [0.1, 0.15) is 46.5 Å². The van der Waals surface area contributed by atoms with Gasteiger partial charge >= 0.3 is 6.09 Å².